The fourth-order valence-corrected chi connectivity index (χ4v) is 11.1. The minimum absolute atomic E-state index is 0.353. The van der Waals surface area contributed by atoms with Gasteiger partial charge in [0.15, 0.2) is 5.58 Å². The highest BCUT2D eigenvalue weighted by Gasteiger charge is 2.51. The zero-order valence-electron chi connectivity index (χ0n) is 29.3. The van der Waals surface area contributed by atoms with Crippen LogP contribution in [0.15, 0.2) is 162 Å². The summed E-state index contributed by atoms with van der Waals surface area (Å²) in [6.45, 7) is 0. The van der Waals surface area contributed by atoms with Crippen LogP contribution < -0.4 is 4.90 Å². The molecule has 0 radical (unpaired) electrons. The summed E-state index contributed by atoms with van der Waals surface area (Å²) in [7, 11) is 0. The van der Waals surface area contributed by atoms with Gasteiger partial charge in [-0.1, -0.05) is 127 Å². The van der Waals surface area contributed by atoms with Gasteiger partial charge in [-0.25, -0.2) is 0 Å². The van der Waals surface area contributed by atoms with Crippen LogP contribution >= 0.6 is 0 Å². The smallest absolute Gasteiger partial charge is 0.159 e. The first-order valence-corrected chi connectivity index (χ1v) is 19.2. The molecule has 0 spiro atoms. The summed E-state index contributed by atoms with van der Waals surface area (Å²) in [5.41, 5.74) is 11.9. The SMILES string of the molecule is c1ccc(-c2cccc3cccc(-c4ccccc4N(c4ccc(C56CC7CC(CC(C7)C5)C6)cc4)c4cccc5c4oc4ccccc45)c23)cc1. The van der Waals surface area contributed by atoms with Crippen LogP contribution in [-0.4, -0.2) is 0 Å². The summed E-state index contributed by atoms with van der Waals surface area (Å²) < 4.78 is 6.75. The predicted octanol–water partition coefficient (Wildman–Crippen LogP) is 14.0. The van der Waals surface area contributed by atoms with Crippen LogP contribution in [0.4, 0.5) is 17.1 Å². The van der Waals surface area contributed by atoms with E-state index in [1.54, 1.807) is 5.56 Å². The average Bonchev–Trinajstić information content (AvgIpc) is 3.57. The lowest BCUT2D eigenvalue weighted by molar-refractivity contribution is -0.00518. The predicted molar refractivity (Wildman–Crippen MR) is 217 cm³/mol. The standard InChI is InChI=1S/C50H41NO/c1-2-11-36(12-3-1)40-17-8-13-37-14-9-18-43(48(37)40)41-15-4-6-20-45(41)51(46-21-10-19-44-42-16-5-7-22-47(42)52-49(44)46)39-25-23-38(24-26-39)50-30-33-27-34(31-50)29-35(28-33)32-50/h1-26,33-35H,27-32H2. The molecule has 4 aliphatic carbocycles. The Bertz CT molecular complexity index is 2570. The van der Waals surface area contributed by atoms with Crippen molar-refractivity contribution in [1.29, 1.82) is 0 Å². The molecule has 0 N–H and O–H groups in total. The quantitative estimate of drug-likeness (QED) is 0.175. The number of benzene rings is 7. The number of furan rings is 1. The van der Waals surface area contributed by atoms with Crippen LogP contribution in [0, 0.1) is 17.8 Å². The normalized spacial score (nSPS) is 22.0. The van der Waals surface area contributed by atoms with E-state index in [4.69, 9.17) is 4.42 Å². The molecule has 0 unspecified atom stereocenters. The number of nitrogens with zero attached hydrogens (tertiary/aromatic N) is 1. The van der Waals surface area contributed by atoms with Crippen molar-refractivity contribution >= 4 is 49.8 Å². The van der Waals surface area contributed by atoms with Gasteiger partial charge in [-0.05, 0) is 125 Å². The average molecular weight is 672 g/mol. The molecular formula is C50H41NO. The highest BCUT2D eigenvalue weighted by atomic mass is 16.3. The van der Waals surface area contributed by atoms with E-state index < -0.39 is 0 Å². The van der Waals surface area contributed by atoms with Gasteiger partial charge in [0.1, 0.15) is 5.58 Å². The summed E-state index contributed by atoms with van der Waals surface area (Å²) in [4.78, 5) is 2.45. The molecule has 0 atom stereocenters. The Kier molecular flexibility index (Phi) is 6.77. The van der Waals surface area contributed by atoms with Gasteiger partial charge >= 0.3 is 0 Å². The molecule has 4 saturated carbocycles. The molecule has 1 heterocycles. The molecule has 4 aliphatic rings. The third-order valence-electron chi connectivity index (χ3n) is 12.8. The summed E-state index contributed by atoms with van der Waals surface area (Å²) >= 11 is 0. The van der Waals surface area contributed by atoms with E-state index in [1.807, 2.05) is 0 Å². The van der Waals surface area contributed by atoms with Crippen LogP contribution in [0.1, 0.15) is 44.1 Å². The van der Waals surface area contributed by atoms with Crippen molar-refractivity contribution in [2.24, 2.45) is 17.8 Å². The monoisotopic (exact) mass is 671 g/mol. The van der Waals surface area contributed by atoms with E-state index in [0.717, 1.165) is 56.8 Å². The minimum Gasteiger partial charge on any atom is -0.454 e. The fourth-order valence-electron chi connectivity index (χ4n) is 11.1. The van der Waals surface area contributed by atoms with Gasteiger partial charge in [0.25, 0.3) is 0 Å². The lowest BCUT2D eigenvalue weighted by atomic mass is 9.48. The molecule has 0 aliphatic heterocycles. The fraction of sp³-hybridized carbons (Fsp3) is 0.200. The minimum atomic E-state index is 0.353. The number of rotatable bonds is 6. The third-order valence-corrected chi connectivity index (χ3v) is 12.8. The van der Waals surface area contributed by atoms with Gasteiger partial charge in [0, 0.05) is 22.0 Å². The van der Waals surface area contributed by atoms with Crippen molar-refractivity contribution in [1.82, 2.24) is 0 Å². The van der Waals surface area contributed by atoms with Gasteiger partial charge in [-0.2, -0.15) is 0 Å². The molecule has 1 aromatic heterocycles. The van der Waals surface area contributed by atoms with Crippen molar-refractivity contribution in [3.8, 4) is 22.3 Å². The largest absolute Gasteiger partial charge is 0.454 e. The Hall–Kier alpha value is -5.60. The highest BCUT2D eigenvalue weighted by Crippen LogP contribution is 2.61. The first-order chi connectivity index (χ1) is 25.7. The molecule has 252 valence electrons. The van der Waals surface area contributed by atoms with Crippen LogP contribution in [-0.2, 0) is 5.41 Å². The molecule has 52 heavy (non-hydrogen) atoms. The first kappa shape index (κ1) is 30.1. The van der Waals surface area contributed by atoms with E-state index in [2.05, 4.69) is 163 Å². The second-order valence-electron chi connectivity index (χ2n) is 15.9. The maximum Gasteiger partial charge on any atom is 0.159 e. The summed E-state index contributed by atoms with van der Waals surface area (Å²) in [5.74, 6) is 2.75. The van der Waals surface area contributed by atoms with Gasteiger partial charge in [-0.3, -0.25) is 0 Å². The molecule has 2 heteroatoms. The van der Waals surface area contributed by atoms with Crippen molar-refractivity contribution in [3.63, 3.8) is 0 Å². The van der Waals surface area contributed by atoms with Crippen molar-refractivity contribution in [3.05, 3.63) is 163 Å². The van der Waals surface area contributed by atoms with E-state index in [1.165, 1.54) is 71.6 Å². The van der Waals surface area contributed by atoms with Crippen LogP contribution in [0.25, 0.3) is 55.0 Å². The lowest BCUT2D eigenvalue weighted by Crippen LogP contribution is -2.48. The molecule has 7 aromatic carbocycles. The van der Waals surface area contributed by atoms with Crippen molar-refractivity contribution < 1.29 is 4.42 Å². The maximum absolute atomic E-state index is 6.75. The van der Waals surface area contributed by atoms with Crippen LogP contribution in [0.3, 0.4) is 0 Å². The van der Waals surface area contributed by atoms with Crippen LogP contribution in [0.5, 0.6) is 0 Å². The van der Waals surface area contributed by atoms with Crippen LogP contribution in [0.2, 0.25) is 0 Å². The zero-order chi connectivity index (χ0) is 34.2. The van der Waals surface area contributed by atoms with Gasteiger partial charge < -0.3 is 9.32 Å². The van der Waals surface area contributed by atoms with E-state index in [0.29, 0.717) is 5.41 Å². The number of para-hydroxylation sites is 3. The summed E-state index contributed by atoms with van der Waals surface area (Å²) in [5, 5.41) is 4.78. The van der Waals surface area contributed by atoms with Gasteiger partial charge in [0.05, 0.1) is 11.4 Å². The maximum atomic E-state index is 6.75. The molecule has 4 bridgehead atoms. The van der Waals surface area contributed by atoms with Gasteiger partial charge in [-0.15, -0.1) is 0 Å². The second-order valence-corrected chi connectivity index (χ2v) is 15.9. The zero-order valence-corrected chi connectivity index (χ0v) is 29.3. The van der Waals surface area contributed by atoms with E-state index >= 15 is 0 Å². The molecule has 2 nitrogen and oxygen atoms in total. The summed E-state index contributed by atoms with van der Waals surface area (Å²) in [6.07, 6.45) is 8.49. The van der Waals surface area contributed by atoms with E-state index in [-0.39, 0.29) is 0 Å². The number of hydrogen-bond donors (Lipinski definition) is 0. The van der Waals surface area contributed by atoms with Crippen molar-refractivity contribution in [2.45, 2.75) is 43.9 Å². The summed E-state index contributed by atoms with van der Waals surface area (Å²) in [6, 6.07) is 57.9. The Morgan fingerprint density at radius 1 is 0.481 bits per heavy atom. The Labute approximate surface area is 305 Å². The topological polar surface area (TPSA) is 16.4 Å². The Balaban J connectivity index is 1.13. The molecule has 0 saturated heterocycles. The van der Waals surface area contributed by atoms with E-state index in [9.17, 15) is 0 Å². The number of hydrogen-bond acceptors (Lipinski definition) is 2. The second kappa shape index (κ2) is 11.7. The Morgan fingerprint density at radius 2 is 1.08 bits per heavy atom. The number of fused-ring (bicyclic) bond motifs is 4. The third kappa shape index (κ3) is 4.70. The first-order valence-electron chi connectivity index (χ1n) is 19.2. The van der Waals surface area contributed by atoms with Gasteiger partial charge in [0.2, 0.25) is 0 Å². The number of anilines is 3. The highest BCUT2D eigenvalue weighted by molar-refractivity contribution is 6.12. The van der Waals surface area contributed by atoms with Crippen molar-refractivity contribution in [2.75, 3.05) is 4.90 Å². The lowest BCUT2D eigenvalue weighted by Gasteiger charge is -2.57. The molecule has 8 aromatic rings. The molecular weight excluding hydrogens is 631 g/mol. The molecule has 12 rings (SSSR count). The molecule has 4 fully saturated rings. The Morgan fingerprint density at radius 3 is 1.85 bits per heavy atom. The molecule has 0 amide bonds.